The SMILES string of the molecule is CC(C)[C@H](C(=O)OCC(=O)Nc1ccc(N2CCCCC2)cc1)c1ccc(Cl)cc1. The number of esters is 1. The molecule has 1 fully saturated rings. The van der Waals surface area contributed by atoms with Crippen molar-refractivity contribution in [1.29, 1.82) is 0 Å². The van der Waals surface area contributed by atoms with Gasteiger partial charge in [0.25, 0.3) is 5.91 Å². The Kier molecular flexibility index (Phi) is 7.75. The molecule has 1 amide bonds. The van der Waals surface area contributed by atoms with Crippen LogP contribution in [-0.4, -0.2) is 31.6 Å². The summed E-state index contributed by atoms with van der Waals surface area (Å²) in [6.07, 6.45) is 3.73. The van der Waals surface area contributed by atoms with E-state index in [2.05, 4.69) is 10.2 Å². The smallest absolute Gasteiger partial charge is 0.314 e. The van der Waals surface area contributed by atoms with Gasteiger partial charge in [0.05, 0.1) is 5.92 Å². The molecular formula is C24H29ClN2O3. The number of amides is 1. The molecule has 0 radical (unpaired) electrons. The predicted molar refractivity (Wildman–Crippen MR) is 121 cm³/mol. The van der Waals surface area contributed by atoms with Gasteiger partial charge >= 0.3 is 5.97 Å². The van der Waals surface area contributed by atoms with Crippen LogP contribution in [0.1, 0.15) is 44.6 Å². The van der Waals surface area contributed by atoms with Gasteiger partial charge in [-0.3, -0.25) is 9.59 Å². The number of halogens is 1. The van der Waals surface area contributed by atoms with Crippen LogP contribution in [0.15, 0.2) is 48.5 Å². The highest BCUT2D eigenvalue weighted by Crippen LogP contribution is 2.27. The van der Waals surface area contributed by atoms with Gasteiger partial charge in [-0.05, 0) is 67.1 Å². The van der Waals surface area contributed by atoms with Gasteiger partial charge in [-0.2, -0.15) is 0 Å². The molecule has 0 saturated carbocycles. The lowest BCUT2D eigenvalue weighted by atomic mass is 9.88. The molecule has 0 aliphatic carbocycles. The molecule has 1 heterocycles. The molecule has 160 valence electrons. The zero-order chi connectivity index (χ0) is 21.5. The second kappa shape index (κ2) is 10.5. The molecule has 2 aromatic carbocycles. The maximum Gasteiger partial charge on any atom is 0.314 e. The Balaban J connectivity index is 1.52. The largest absolute Gasteiger partial charge is 0.455 e. The van der Waals surface area contributed by atoms with E-state index in [0.717, 1.165) is 18.7 Å². The molecule has 1 N–H and O–H groups in total. The standard InChI is InChI=1S/C24H29ClN2O3/c1-17(2)23(18-6-8-19(25)9-7-18)24(29)30-16-22(28)26-20-10-12-21(13-11-20)27-14-4-3-5-15-27/h6-13,17,23H,3-5,14-16H2,1-2H3,(H,26,28)/t23-/m0/s1. The summed E-state index contributed by atoms with van der Waals surface area (Å²) in [7, 11) is 0. The topological polar surface area (TPSA) is 58.6 Å². The van der Waals surface area contributed by atoms with Crippen LogP contribution < -0.4 is 10.2 Å². The van der Waals surface area contributed by atoms with Crippen molar-refractivity contribution >= 4 is 34.9 Å². The lowest BCUT2D eigenvalue weighted by Gasteiger charge is -2.28. The molecule has 0 unspecified atom stereocenters. The van der Waals surface area contributed by atoms with Crippen molar-refractivity contribution < 1.29 is 14.3 Å². The number of ether oxygens (including phenoxy) is 1. The van der Waals surface area contributed by atoms with Crippen molar-refractivity contribution in [2.75, 3.05) is 29.9 Å². The van der Waals surface area contributed by atoms with Crippen molar-refractivity contribution in [1.82, 2.24) is 0 Å². The average molecular weight is 429 g/mol. The molecule has 1 aliphatic heterocycles. The Bertz CT molecular complexity index is 844. The van der Waals surface area contributed by atoms with Crippen molar-refractivity contribution in [2.24, 2.45) is 5.92 Å². The maximum atomic E-state index is 12.6. The lowest BCUT2D eigenvalue weighted by Crippen LogP contribution is -2.29. The van der Waals surface area contributed by atoms with E-state index in [-0.39, 0.29) is 18.4 Å². The van der Waals surface area contributed by atoms with Crippen LogP contribution in [0, 0.1) is 5.92 Å². The summed E-state index contributed by atoms with van der Waals surface area (Å²) in [6, 6.07) is 14.9. The number of nitrogens with zero attached hydrogens (tertiary/aromatic N) is 1. The number of benzene rings is 2. The van der Waals surface area contributed by atoms with Crippen molar-refractivity contribution in [3.63, 3.8) is 0 Å². The van der Waals surface area contributed by atoms with E-state index in [1.165, 1.54) is 24.9 Å². The van der Waals surface area contributed by atoms with E-state index < -0.39 is 11.9 Å². The summed E-state index contributed by atoms with van der Waals surface area (Å²) in [5.41, 5.74) is 2.69. The summed E-state index contributed by atoms with van der Waals surface area (Å²) < 4.78 is 5.31. The van der Waals surface area contributed by atoms with Crippen LogP contribution >= 0.6 is 11.6 Å². The Morgan fingerprint density at radius 3 is 2.23 bits per heavy atom. The summed E-state index contributed by atoms with van der Waals surface area (Å²) in [4.78, 5) is 27.2. The molecule has 30 heavy (non-hydrogen) atoms. The van der Waals surface area contributed by atoms with Crippen LogP contribution in [0.4, 0.5) is 11.4 Å². The van der Waals surface area contributed by atoms with Gasteiger partial charge in [0.1, 0.15) is 0 Å². The zero-order valence-corrected chi connectivity index (χ0v) is 18.3. The normalized spacial score (nSPS) is 15.0. The first-order valence-electron chi connectivity index (χ1n) is 10.5. The summed E-state index contributed by atoms with van der Waals surface area (Å²) in [5.74, 6) is -1.18. The predicted octanol–water partition coefficient (Wildman–Crippen LogP) is 5.25. The van der Waals surface area contributed by atoms with Gasteiger partial charge in [-0.25, -0.2) is 0 Å². The summed E-state index contributed by atoms with van der Waals surface area (Å²) in [5, 5.41) is 3.40. The molecule has 0 aromatic heterocycles. The quantitative estimate of drug-likeness (QED) is 0.611. The van der Waals surface area contributed by atoms with Gasteiger partial charge in [-0.15, -0.1) is 0 Å². The molecule has 5 nitrogen and oxygen atoms in total. The van der Waals surface area contributed by atoms with Gasteiger partial charge in [0.2, 0.25) is 0 Å². The number of anilines is 2. The highest BCUT2D eigenvalue weighted by atomic mass is 35.5. The Morgan fingerprint density at radius 2 is 1.63 bits per heavy atom. The second-order valence-corrected chi connectivity index (χ2v) is 8.46. The van der Waals surface area contributed by atoms with Gasteiger partial charge in [0.15, 0.2) is 6.61 Å². The first-order chi connectivity index (χ1) is 14.4. The molecule has 3 rings (SSSR count). The first kappa shape index (κ1) is 22.2. The Morgan fingerprint density at radius 1 is 1.00 bits per heavy atom. The minimum absolute atomic E-state index is 0.0315. The van der Waals surface area contributed by atoms with Crippen molar-refractivity contribution in [3.8, 4) is 0 Å². The van der Waals surface area contributed by atoms with Crippen LogP contribution in [0.2, 0.25) is 5.02 Å². The summed E-state index contributed by atoms with van der Waals surface area (Å²) in [6.45, 7) is 5.73. The second-order valence-electron chi connectivity index (χ2n) is 8.02. The van der Waals surface area contributed by atoms with E-state index >= 15 is 0 Å². The van der Waals surface area contributed by atoms with Crippen molar-refractivity contribution in [3.05, 3.63) is 59.1 Å². The van der Waals surface area contributed by atoms with Crippen LogP contribution in [0.25, 0.3) is 0 Å². The maximum absolute atomic E-state index is 12.6. The number of hydrogen-bond donors (Lipinski definition) is 1. The minimum atomic E-state index is -0.445. The van der Waals surface area contributed by atoms with E-state index in [1.807, 2.05) is 50.2 Å². The third kappa shape index (κ3) is 5.99. The molecule has 1 aliphatic rings. The van der Waals surface area contributed by atoms with E-state index in [4.69, 9.17) is 16.3 Å². The molecule has 1 atom stereocenters. The monoisotopic (exact) mass is 428 g/mol. The fourth-order valence-corrected chi connectivity index (χ4v) is 3.92. The Labute approximate surface area is 183 Å². The lowest BCUT2D eigenvalue weighted by molar-refractivity contribution is -0.149. The number of carbonyl (C=O) groups is 2. The number of carbonyl (C=O) groups excluding carboxylic acids is 2. The molecule has 6 heteroatoms. The van der Waals surface area contributed by atoms with E-state index in [9.17, 15) is 9.59 Å². The number of hydrogen-bond acceptors (Lipinski definition) is 4. The number of nitrogens with one attached hydrogen (secondary N) is 1. The number of rotatable bonds is 7. The molecule has 0 bridgehead atoms. The van der Waals surface area contributed by atoms with Crippen molar-refractivity contribution in [2.45, 2.75) is 39.0 Å². The zero-order valence-electron chi connectivity index (χ0n) is 17.6. The molecule has 1 saturated heterocycles. The van der Waals surface area contributed by atoms with Gasteiger partial charge < -0.3 is 15.0 Å². The fraction of sp³-hybridized carbons (Fsp3) is 0.417. The van der Waals surface area contributed by atoms with Gasteiger partial charge in [0, 0.05) is 29.5 Å². The molecule has 2 aromatic rings. The highest BCUT2D eigenvalue weighted by molar-refractivity contribution is 6.30. The number of piperidine rings is 1. The third-order valence-electron chi connectivity index (χ3n) is 5.37. The minimum Gasteiger partial charge on any atom is -0.455 e. The van der Waals surface area contributed by atoms with Crippen LogP contribution in [-0.2, 0) is 14.3 Å². The van der Waals surface area contributed by atoms with E-state index in [0.29, 0.717) is 10.7 Å². The Hall–Kier alpha value is -2.53. The fourth-order valence-electron chi connectivity index (χ4n) is 3.79. The van der Waals surface area contributed by atoms with Crippen LogP contribution in [0.5, 0.6) is 0 Å². The molecule has 0 spiro atoms. The molecular weight excluding hydrogens is 400 g/mol. The highest BCUT2D eigenvalue weighted by Gasteiger charge is 2.26. The van der Waals surface area contributed by atoms with Gasteiger partial charge in [-0.1, -0.05) is 37.6 Å². The van der Waals surface area contributed by atoms with E-state index in [1.54, 1.807) is 12.1 Å². The average Bonchev–Trinajstić information content (AvgIpc) is 2.75. The summed E-state index contributed by atoms with van der Waals surface area (Å²) >= 11 is 5.94. The first-order valence-corrected chi connectivity index (χ1v) is 10.9. The third-order valence-corrected chi connectivity index (χ3v) is 5.62. The van der Waals surface area contributed by atoms with Crippen LogP contribution in [0.3, 0.4) is 0 Å².